The maximum absolute atomic E-state index is 13.1. The summed E-state index contributed by atoms with van der Waals surface area (Å²) in [5.41, 5.74) is 0. The van der Waals surface area contributed by atoms with Crippen LogP contribution in [0.15, 0.2) is 72.9 Å². The van der Waals surface area contributed by atoms with Gasteiger partial charge in [-0.1, -0.05) is 345 Å². The number of unbranched alkanes of at least 4 members (excludes halogenated alkanes) is 38. The third-order valence-corrected chi connectivity index (χ3v) is 19.1. The Balaban J connectivity index is 5.37. The zero-order chi connectivity index (χ0) is 73.2. The normalized spacial score (nSPS) is 14.3. The molecule has 0 aromatic carbocycles. The lowest BCUT2D eigenvalue weighted by Crippen LogP contribution is -2.30. The molecule has 0 radical (unpaired) electrons. The highest BCUT2D eigenvalue weighted by Gasteiger charge is 2.30. The Kier molecular flexibility index (Phi) is 71.2. The minimum Gasteiger partial charge on any atom is -0.462 e. The van der Waals surface area contributed by atoms with Gasteiger partial charge in [0.2, 0.25) is 0 Å². The van der Waals surface area contributed by atoms with Crippen molar-refractivity contribution in [2.45, 2.75) is 380 Å². The van der Waals surface area contributed by atoms with E-state index in [0.717, 1.165) is 96.3 Å². The summed E-state index contributed by atoms with van der Waals surface area (Å²) in [6.07, 6.45) is 74.7. The standard InChI is InChI=1S/C81H146O17P2/c1-5-9-13-17-21-25-29-33-35-36-37-38-40-44-48-52-56-60-64-68-81(86)98-77(71-91-78(83)65-61-57-53-49-45-41-31-27-23-19-15-11-7-3)74-96-100(89,90)94-70-75(82)69-93-99(87,88)95-73-76(97-80(85)67-63-59-55-51-47-42-32-28-24-20-16-12-8-4)72-92-79(84)66-62-58-54-50-46-43-39-34-30-26-22-18-14-10-6-2/h9,13,21,25,33,35,37-38,44,48,56,60,75-77,82H,5-8,10-12,14-20,22-24,26-32,34,36,39-43,45-47,49-55,57-59,61-74H2,1-4H3,(H,87,88)(H,89,90)/b13-9-,25-21-,35-33-,38-37-,48-44-,60-56-/t75-,76-,77-/m1/s1. The van der Waals surface area contributed by atoms with Crippen molar-refractivity contribution in [2.75, 3.05) is 39.6 Å². The highest BCUT2D eigenvalue weighted by molar-refractivity contribution is 7.47. The molecule has 100 heavy (non-hydrogen) atoms. The molecule has 0 fully saturated rings. The molecule has 0 rings (SSSR count). The van der Waals surface area contributed by atoms with Gasteiger partial charge in [0.05, 0.1) is 26.4 Å². The second-order valence-electron chi connectivity index (χ2n) is 27.0. The largest absolute Gasteiger partial charge is 0.472 e. The lowest BCUT2D eigenvalue weighted by Gasteiger charge is -2.21. The first kappa shape index (κ1) is 96.5. The molecule has 2 unspecified atom stereocenters. The predicted octanol–water partition coefficient (Wildman–Crippen LogP) is 23.2. The van der Waals surface area contributed by atoms with Gasteiger partial charge in [-0.15, -0.1) is 0 Å². The molecule has 0 spiro atoms. The maximum atomic E-state index is 13.1. The fourth-order valence-electron chi connectivity index (χ4n) is 11.1. The Labute approximate surface area is 609 Å². The number of aliphatic hydroxyl groups excluding tert-OH is 1. The number of hydrogen-bond donors (Lipinski definition) is 3. The average molecular weight is 1450 g/mol. The second-order valence-corrected chi connectivity index (χ2v) is 29.9. The highest BCUT2D eigenvalue weighted by Crippen LogP contribution is 2.45. The van der Waals surface area contributed by atoms with Crippen molar-refractivity contribution in [3.05, 3.63) is 72.9 Å². The summed E-state index contributed by atoms with van der Waals surface area (Å²) in [5.74, 6) is -2.24. The number of phosphoric ester groups is 2. The lowest BCUT2D eigenvalue weighted by atomic mass is 10.0. The third-order valence-electron chi connectivity index (χ3n) is 17.2. The van der Waals surface area contributed by atoms with Crippen molar-refractivity contribution < 1.29 is 80.2 Å². The van der Waals surface area contributed by atoms with Crippen LogP contribution in [0.3, 0.4) is 0 Å². The molecule has 0 bridgehead atoms. The summed E-state index contributed by atoms with van der Waals surface area (Å²) in [5, 5.41) is 10.6. The molecule has 0 aliphatic rings. The number of ether oxygens (including phenoxy) is 4. The zero-order valence-electron chi connectivity index (χ0n) is 63.6. The number of carbonyl (C=O) groups excluding carboxylic acids is 4. The van der Waals surface area contributed by atoms with Crippen molar-refractivity contribution in [2.24, 2.45) is 0 Å². The first-order valence-electron chi connectivity index (χ1n) is 40.2. The minimum atomic E-state index is -4.99. The summed E-state index contributed by atoms with van der Waals surface area (Å²) in [6.45, 7) is 4.75. The van der Waals surface area contributed by atoms with Gasteiger partial charge in [0.1, 0.15) is 19.3 Å². The van der Waals surface area contributed by atoms with Crippen molar-refractivity contribution in [3.8, 4) is 0 Å². The molecule has 0 aromatic heterocycles. The van der Waals surface area contributed by atoms with Crippen LogP contribution in [0.2, 0.25) is 0 Å². The topological polar surface area (TPSA) is 237 Å². The Hall–Kier alpha value is -3.50. The van der Waals surface area contributed by atoms with Crippen molar-refractivity contribution in [3.63, 3.8) is 0 Å². The molecule has 17 nitrogen and oxygen atoms in total. The number of allylic oxidation sites excluding steroid dienone is 12. The Morgan fingerprint density at radius 1 is 0.290 bits per heavy atom. The van der Waals surface area contributed by atoms with Gasteiger partial charge >= 0.3 is 39.5 Å². The number of aliphatic hydroxyl groups is 1. The SMILES string of the molecule is CC/C=C\C/C=C\C/C=C\C/C=C\C/C=C\C/C=C\CCC(=O)O[C@H](COC(=O)CCCCCCCCCCCCCCC)COP(=O)(O)OC[C@H](O)COP(=O)(O)OC[C@@H](COC(=O)CCCCCCCCCCCCCCCCC)OC(=O)CCCCCCCCCCCCCCC. The number of rotatable bonds is 76. The van der Waals surface area contributed by atoms with Crippen LogP contribution in [-0.4, -0.2) is 96.7 Å². The van der Waals surface area contributed by atoms with E-state index < -0.39 is 97.5 Å². The van der Waals surface area contributed by atoms with Crippen molar-refractivity contribution in [1.29, 1.82) is 0 Å². The van der Waals surface area contributed by atoms with Crippen molar-refractivity contribution >= 4 is 39.5 Å². The van der Waals surface area contributed by atoms with Gasteiger partial charge in [0.25, 0.3) is 0 Å². The van der Waals surface area contributed by atoms with E-state index in [1.165, 1.54) is 180 Å². The average Bonchev–Trinajstić information content (AvgIpc) is 0.929. The van der Waals surface area contributed by atoms with Crippen molar-refractivity contribution in [1.82, 2.24) is 0 Å². The summed E-state index contributed by atoms with van der Waals surface area (Å²) in [4.78, 5) is 72.9. The maximum Gasteiger partial charge on any atom is 0.472 e. The van der Waals surface area contributed by atoms with E-state index >= 15 is 0 Å². The molecule has 0 saturated heterocycles. The molecule has 5 atom stereocenters. The highest BCUT2D eigenvalue weighted by atomic mass is 31.2. The van der Waals surface area contributed by atoms with Crippen LogP contribution in [0.5, 0.6) is 0 Å². The van der Waals surface area contributed by atoms with E-state index in [9.17, 15) is 43.2 Å². The first-order valence-corrected chi connectivity index (χ1v) is 43.2. The van der Waals surface area contributed by atoms with Gasteiger partial charge in [-0.3, -0.25) is 37.3 Å². The Morgan fingerprint density at radius 2 is 0.520 bits per heavy atom. The lowest BCUT2D eigenvalue weighted by molar-refractivity contribution is -0.161. The van der Waals surface area contributed by atoms with Gasteiger partial charge in [-0.05, 0) is 64.2 Å². The number of phosphoric acid groups is 2. The fourth-order valence-corrected chi connectivity index (χ4v) is 12.7. The molecule has 582 valence electrons. The second kappa shape index (κ2) is 73.8. The molecular weight excluding hydrogens is 1310 g/mol. The number of esters is 4. The Morgan fingerprint density at radius 3 is 0.800 bits per heavy atom. The quantitative estimate of drug-likeness (QED) is 0.0169. The Bertz CT molecular complexity index is 2180. The van der Waals surface area contributed by atoms with Gasteiger partial charge in [0, 0.05) is 25.7 Å². The van der Waals surface area contributed by atoms with Crippen LogP contribution in [0.25, 0.3) is 0 Å². The molecule has 19 heteroatoms. The summed E-state index contributed by atoms with van der Waals surface area (Å²) >= 11 is 0. The van der Waals surface area contributed by atoms with E-state index in [4.69, 9.17) is 37.0 Å². The molecule has 0 aromatic rings. The van der Waals surface area contributed by atoms with E-state index in [1.807, 2.05) is 18.2 Å². The van der Waals surface area contributed by atoms with Crippen LogP contribution in [0.1, 0.15) is 362 Å². The molecule has 0 aliphatic heterocycles. The zero-order valence-corrected chi connectivity index (χ0v) is 65.4. The smallest absolute Gasteiger partial charge is 0.462 e. The minimum absolute atomic E-state index is 0.0259. The monoisotopic (exact) mass is 1450 g/mol. The number of hydrogen-bond acceptors (Lipinski definition) is 15. The summed E-state index contributed by atoms with van der Waals surface area (Å²) in [7, 11) is -9.96. The predicted molar refractivity (Wildman–Crippen MR) is 409 cm³/mol. The van der Waals surface area contributed by atoms with Crippen LogP contribution in [0, 0.1) is 0 Å². The molecule has 0 saturated carbocycles. The fraction of sp³-hybridized carbons (Fsp3) is 0.802. The van der Waals surface area contributed by atoms with Crippen LogP contribution < -0.4 is 0 Å². The molecule has 0 amide bonds. The van der Waals surface area contributed by atoms with Crippen LogP contribution >= 0.6 is 15.6 Å². The summed E-state index contributed by atoms with van der Waals surface area (Å²) in [6, 6.07) is 0. The number of carbonyl (C=O) groups is 4. The first-order chi connectivity index (χ1) is 48.7. The van der Waals surface area contributed by atoms with Gasteiger partial charge in [-0.2, -0.15) is 0 Å². The molecule has 0 heterocycles. The van der Waals surface area contributed by atoms with E-state index in [2.05, 4.69) is 82.4 Å². The summed E-state index contributed by atoms with van der Waals surface area (Å²) < 4.78 is 68.5. The van der Waals surface area contributed by atoms with E-state index in [-0.39, 0.29) is 25.7 Å². The van der Waals surface area contributed by atoms with Gasteiger partial charge < -0.3 is 33.8 Å². The molecule has 3 N–H and O–H groups in total. The van der Waals surface area contributed by atoms with E-state index in [1.54, 1.807) is 0 Å². The van der Waals surface area contributed by atoms with Crippen LogP contribution in [0.4, 0.5) is 0 Å². The van der Waals surface area contributed by atoms with E-state index in [0.29, 0.717) is 32.1 Å². The van der Waals surface area contributed by atoms with Gasteiger partial charge in [0.15, 0.2) is 12.2 Å². The van der Waals surface area contributed by atoms with Crippen LogP contribution in [-0.2, 0) is 65.4 Å². The molecular formula is C81H146O17P2. The molecule has 0 aliphatic carbocycles. The van der Waals surface area contributed by atoms with Gasteiger partial charge in [-0.25, -0.2) is 9.13 Å². The third kappa shape index (κ3) is 72.8.